The van der Waals surface area contributed by atoms with Crippen molar-refractivity contribution in [1.82, 2.24) is 15.1 Å². The Bertz CT molecular complexity index is 699. The lowest BCUT2D eigenvalue weighted by Gasteiger charge is -2.35. The van der Waals surface area contributed by atoms with Crippen LogP contribution in [-0.2, 0) is 9.59 Å². The lowest BCUT2D eigenvalue weighted by Crippen LogP contribution is -2.53. The van der Waals surface area contributed by atoms with Crippen molar-refractivity contribution in [2.75, 3.05) is 39.3 Å². The Morgan fingerprint density at radius 1 is 1.11 bits per heavy atom. The number of nitrogens with zero attached hydrogens (tertiary/aromatic N) is 2. The third-order valence-corrected chi connectivity index (χ3v) is 4.77. The average molecular weight is 390 g/mol. The van der Waals surface area contributed by atoms with Gasteiger partial charge in [0.15, 0.2) is 0 Å². The highest BCUT2D eigenvalue weighted by Crippen LogP contribution is 2.20. The fourth-order valence-corrected chi connectivity index (χ4v) is 2.95. The molecule has 0 aliphatic carbocycles. The van der Waals surface area contributed by atoms with Crippen molar-refractivity contribution < 1.29 is 19.1 Å². The molecule has 0 spiro atoms. The zero-order valence-corrected chi connectivity index (χ0v) is 16.8. The van der Waals surface area contributed by atoms with Crippen LogP contribution < -0.4 is 15.8 Å². The standard InChI is InChI=1S/C20H30N4O4/c1-4-28-16-8-6-5-7-15(16)20(27)24-11-9-23(10-12-24)17(25)13-22-19(26)18(21)14(2)3/h5-8,14,18H,4,9-13,21H2,1-3H3,(H,22,26)/t18-/m0/s1. The fourth-order valence-electron chi connectivity index (χ4n) is 2.95. The summed E-state index contributed by atoms with van der Waals surface area (Å²) in [6, 6.07) is 6.53. The number of piperazine rings is 1. The molecule has 8 nitrogen and oxygen atoms in total. The summed E-state index contributed by atoms with van der Waals surface area (Å²) in [6.45, 7) is 7.70. The van der Waals surface area contributed by atoms with Crippen molar-refractivity contribution in [1.29, 1.82) is 0 Å². The maximum atomic E-state index is 12.8. The van der Waals surface area contributed by atoms with E-state index in [9.17, 15) is 14.4 Å². The number of nitrogens with one attached hydrogen (secondary N) is 1. The summed E-state index contributed by atoms with van der Waals surface area (Å²) < 4.78 is 5.54. The smallest absolute Gasteiger partial charge is 0.257 e. The van der Waals surface area contributed by atoms with E-state index < -0.39 is 6.04 Å². The Kier molecular flexibility index (Phi) is 7.80. The van der Waals surface area contributed by atoms with Crippen molar-refractivity contribution in [3.05, 3.63) is 29.8 Å². The molecule has 1 aliphatic rings. The average Bonchev–Trinajstić information content (AvgIpc) is 2.71. The summed E-state index contributed by atoms with van der Waals surface area (Å²) in [6.07, 6.45) is 0. The molecule has 154 valence electrons. The second-order valence-corrected chi connectivity index (χ2v) is 7.09. The molecule has 1 aromatic carbocycles. The Balaban J connectivity index is 1.86. The number of benzene rings is 1. The molecule has 3 amide bonds. The summed E-state index contributed by atoms with van der Waals surface area (Å²) in [7, 11) is 0. The van der Waals surface area contributed by atoms with Crippen LogP contribution >= 0.6 is 0 Å². The van der Waals surface area contributed by atoms with Crippen molar-refractivity contribution in [3.8, 4) is 5.75 Å². The molecule has 0 radical (unpaired) electrons. The number of amides is 3. The number of para-hydroxylation sites is 1. The van der Waals surface area contributed by atoms with Gasteiger partial charge in [-0.15, -0.1) is 0 Å². The predicted octanol–water partition coefficient (Wildman–Crippen LogP) is 0.469. The van der Waals surface area contributed by atoms with E-state index in [-0.39, 0.29) is 30.2 Å². The van der Waals surface area contributed by atoms with Crippen LogP contribution in [0, 0.1) is 5.92 Å². The summed E-state index contributed by atoms with van der Waals surface area (Å²) in [5, 5.41) is 2.59. The number of hydrogen-bond donors (Lipinski definition) is 2. The molecule has 28 heavy (non-hydrogen) atoms. The van der Waals surface area contributed by atoms with Gasteiger partial charge >= 0.3 is 0 Å². The van der Waals surface area contributed by atoms with Crippen LogP contribution in [0.2, 0.25) is 0 Å². The first-order valence-electron chi connectivity index (χ1n) is 9.67. The summed E-state index contributed by atoms with van der Waals surface area (Å²) in [5.74, 6) is -0.0369. The van der Waals surface area contributed by atoms with E-state index in [1.165, 1.54) is 0 Å². The van der Waals surface area contributed by atoms with Gasteiger partial charge in [-0.1, -0.05) is 26.0 Å². The highest BCUT2D eigenvalue weighted by atomic mass is 16.5. The van der Waals surface area contributed by atoms with E-state index in [0.717, 1.165) is 0 Å². The molecule has 1 heterocycles. The Hall–Kier alpha value is -2.61. The Morgan fingerprint density at radius 3 is 2.32 bits per heavy atom. The number of nitrogens with two attached hydrogens (primary N) is 1. The van der Waals surface area contributed by atoms with Crippen LogP contribution in [0.5, 0.6) is 5.75 Å². The monoisotopic (exact) mass is 390 g/mol. The van der Waals surface area contributed by atoms with Gasteiger partial charge in [0, 0.05) is 26.2 Å². The van der Waals surface area contributed by atoms with Crippen LogP contribution in [0.1, 0.15) is 31.1 Å². The van der Waals surface area contributed by atoms with Gasteiger partial charge < -0.3 is 25.6 Å². The second kappa shape index (κ2) is 10.1. The van der Waals surface area contributed by atoms with Crippen LogP contribution in [-0.4, -0.2) is 72.9 Å². The van der Waals surface area contributed by atoms with E-state index in [0.29, 0.717) is 44.1 Å². The topological polar surface area (TPSA) is 105 Å². The van der Waals surface area contributed by atoms with Crippen LogP contribution in [0.15, 0.2) is 24.3 Å². The molecule has 0 aromatic heterocycles. The van der Waals surface area contributed by atoms with Crippen LogP contribution in [0.25, 0.3) is 0 Å². The first-order chi connectivity index (χ1) is 13.3. The zero-order valence-electron chi connectivity index (χ0n) is 16.8. The minimum Gasteiger partial charge on any atom is -0.493 e. The zero-order chi connectivity index (χ0) is 20.7. The van der Waals surface area contributed by atoms with Crippen molar-refractivity contribution in [2.45, 2.75) is 26.8 Å². The molecule has 1 aromatic rings. The molecular formula is C20H30N4O4. The van der Waals surface area contributed by atoms with Gasteiger partial charge in [0.05, 0.1) is 24.8 Å². The van der Waals surface area contributed by atoms with E-state index in [1.54, 1.807) is 28.0 Å². The molecule has 1 fully saturated rings. The van der Waals surface area contributed by atoms with Crippen LogP contribution in [0.4, 0.5) is 0 Å². The highest BCUT2D eigenvalue weighted by molar-refractivity contribution is 5.97. The molecular weight excluding hydrogens is 360 g/mol. The van der Waals surface area contributed by atoms with E-state index in [2.05, 4.69) is 5.32 Å². The SMILES string of the molecule is CCOc1ccccc1C(=O)N1CCN(C(=O)CNC(=O)[C@@H](N)C(C)C)CC1. The summed E-state index contributed by atoms with van der Waals surface area (Å²) in [4.78, 5) is 40.4. The van der Waals surface area contributed by atoms with Crippen molar-refractivity contribution in [2.24, 2.45) is 11.7 Å². The Morgan fingerprint density at radius 2 is 1.71 bits per heavy atom. The lowest BCUT2D eigenvalue weighted by molar-refractivity contribution is -0.134. The molecule has 8 heteroatoms. The van der Waals surface area contributed by atoms with Crippen molar-refractivity contribution >= 4 is 17.7 Å². The Labute approximate surface area is 166 Å². The van der Waals surface area contributed by atoms with E-state index in [4.69, 9.17) is 10.5 Å². The molecule has 0 unspecified atom stereocenters. The van der Waals surface area contributed by atoms with Crippen molar-refractivity contribution in [3.63, 3.8) is 0 Å². The van der Waals surface area contributed by atoms with Gasteiger partial charge in [0.25, 0.3) is 5.91 Å². The summed E-state index contributed by atoms with van der Waals surface area (Å²) in [5.41, 5.74) is 6.30. The largest absolute Gasteiger partial charge is 0.493 e. The molecule has 0 saturated carbocycles. The van der Waals surface area contributed by atoms with Gasteiger partial charge in [-0.3, -0.25) is 14.4 Å². The molecule has 3 N–H and O–H groups in total. The predicted molar refractivity (Wildman–Crippen MR) is 106 cm³/mol. The first kappa shape index (κ1) is 21.7. The number of carbonyl (C=O) groups is 3. The van der Waals surface area contributed by atoms with Gasteiger partial charge in [0.1, 0.15) is 5.75 Å². The molecule has 2 rings (SSSR count). The molecule has 1 atom stereocenters. The molecule has 0 bridgehead atoms. The quantitative estimate of drug-likeness (QED) is 0.704. The van der Waals surface area contributed by atoms with Gasteiger partial charge in [-0.25, -0.2) is 0 Å². The maximum absolute atomic E-state index is 12.8. The lowest BCUT2D eigenvalue weighted by atomic mass is 10.1. The first-order valence-corrected chi connectivity index (χ1v) is 9.67. The summed E-state index contributed by atoms with van der Waals surface area (Å²) >= 11 is 0. The second-order valence-electron chi connectivity index (χ2n) is 7.09. The normalized spacial score (nSPS) is 15.3. The number of hydrogen-bond acceptors (Lipinski definition) is 5. The van der Waals surface area contributed by atoms with Gasteiger partial charge in [-0.2, -0.15) is 0 Å². The highest BCUT2D eigenvalue weighted by Gasteiger charge is 2.27. The minimum absolute atomic E-state index is 0.00391. The maximum Gasteiger partial charge on any atom is 0.257 e. The van der Waals surface area contributed by atoms with E-state index >= 15 is 0 Å². The van der Waals surface area contributed by atoms with Gasteiger partial charge in [-0.05, 0) is 25.0 Å². The fraction of sp³-hybridized carbons (Fsp3) is 0.550. The molecule has 1 saturated heterocycles. The van der Waals surface area contributed by atoms with Gasteiger partial charge in [0.2, 0.25) is 11.8 Å². The molecule has 1 aliphatic heterocycles. The third kappa shape index (κ3) is 5.45. The third-order valence-electron chi connectivity index (χ3n) is 4.77. The van der Waals surface area contributed by atoms with Crippen LogP contribution in [0.3, 0.4) is 0 Å². The number of ether oxygens (including phenoxy) is 1. The van der Waals surface area contributed by atoms with E-state index in [1.807, 2.05) is 26.8 Å². The number of rotatable bonds is 7. The number of carbonyl (C=O) groups excluding carboxylic acids is 3. The minimum atomic E-state index is -0.632.